The Morgan fingerprint density at radius 1 is 1.24 bits per heavy atom. The first-order valence-electron chi connectivity index (χ1n) is 5.87. The summed E-state index contributed by atoms with van der Waals surface area (Å²) >= 11 is 9.54. The summed E-state index contributed by atoms with van der Waals surface area (Å²) in [5.41, 5.74) is 0. The van der Waals surface area contributed by atoms with E-state index in [1.54, 1.807) is 11.3 Å². The molecule has 1 aliphatic rings. The molecule has 4 heteroatoms. The molecule has 17 heavy (non-hydrogen) atoms. The van der Waals surface area contributed by atoms with E-state index in [-0.39, 0.29) is 0 Å². The molecule has 0 bridgehead atoms. The zero-order valence-electron chi connectivity index (χ0n) is 9.36. The molecule has 1 saturated carbocycles. The number of hydrogen-bond donors (Lipinski definition) is 1. The van der Waals surface area contributed by atoms with Crippen molar-refractivity contribution in [2.24, 2.45) is 0 Å². The fourth-order valence-corrected chi connectivity index (χ4v) is 4.07. The zero-order valence-corrected chi connectivity index (χ0v) is 11.7. The largest absolute Gasteiger partial charge is 0.302 e. The molecule has 0 radical (unpaired) electrons. The van der Waals surface area contributed by atoms with Crippen molar-refractivity contribution >= 4 is 34.3 Å². The molecule has 0 aromatic carbocycles. The summed E-state index contributed by atoms with van der Waals surface area (Å²) < 4.78 is 0.872. The van der Waals surface area contributed by atoms with Gasteiger partial charge in [0.2, 0.25) is 0 Å². The van der Waals surface area contributed by atoms with Gasteiger partial charge in [0.25, 0.3) is 0 Å². The Balaban J connectivity index is 1.85. The summed E-state index contributed by atoms with van der Waals surface area (Å²) in [7, 11) is 0. The third-order valence-corrected chi connectivity index (χ3v) is 5.45. The van der Waals surface area contributed by atoms with Crippen molar-refractivity contribution in [2.75, 3.05) is 0 Å². The average Bonchev–Trinajstić information content (AvgIpc) is 2.88. The summed E-state index contributed by atoms with van der Waals surface area (Å²) in [6.45, 7) is 0. The number of nitrogens with one attached hydrogen (secondary N) is 1. The SMILES string of the molecule is Clc1ccc(C(NC2CCC2)c2cccs2)s1. The molecule has 3 rings (SSSR count). The minimum atomic E-state index is 0.331. The number of halogens is 1. The Kier molecular flexibility index (Phi) is 3.52. The van der Waals surface area contributed by atoms with Crippen LogP contribution in [-0.4, -0.2) is 6.04 Å². The van der Waals surface area contributed by atoms with E-state index in [1.807, 2.05) is 17.4 Å². The second-order valence-electron chi connectivity index (χ2n) is 4.38. The normalized spacial score (nSPS) is 17.9. The standard InChI is InChI=1S/C13H14ClNS2/c14-12-7-6-11(17-12)13(10-5-2-8-16-10)15-9-3-1-4-9/h2,5-9,13,15H,1,3-4H2. The summed E-state index contributed by atoms with van der Waals surface area (Å²) in [6.07, 6.45) is 3.97. The van der Waals surface area contributed by atoms with E-state index in [1.165, 1.54) is 29.0 Å². The number of thiophene rings is 2. The van der Waals surface area contributed by atoms with Gasteiger partial charge < -0.3 is 5.32 Å². The fourth-order valence-electron chi connectivity index (χ4n) is 2.05. The predicted octanol–water partition coefficient (Wildman–Crippen LogP) is 4.69. The van der Waals surface area contributed by atoms with E-state index in [9.17, 15) is 0 Å². The molecular weight excluding hydrogens is 270 g/mol. The van der Waals surface area contributed by atoms with Crippen LogP contribution >= 0.6 is 34.3 Å². The molecule has 90 valence electrons. The molecule has 1 unspecified atom stereocenters. The lowest BCUT2D eigenvalue weighted by Crippen LogP contribution is -2.37. The lowest BCUT2D eigenvalue weighted by Gasteiger charge is -2.30. The van der Waals surface area contributed by atoms with Crippen molar-refractivity contribution < 1.29 is 0 Å². The topological polar surface area (TPSA) is 12.0 Å². The maximum Gasteiger partial charge on any atom is 0.0931 e. The highest BCUT2D eigenvalue weighted by atomic mass is 35.5. The Morgan fingerprint density at radius 3 is 2.65 bits per heavy atom. The Morgan fingerprint density at radius 2 is 2.12 bits per heavy atom. The summed E-state index contributed by atoms with van der Waals surface area (Å²) in [4.78, 5) is 2.71. The van der Waals surface area contributed by atoms with Crippen molar-refractivity contribution in [1.29, 1.82) is 0 Å². The van der Waals surface area contributed by atoms with Gasteiger partial charge in [-0.3, -0.25) is 0 Å². The van der Waals surface area contributed by atoms with Crippen LogP contribution in [0, 0.1) is 0 Å². The van der Waals surface area contributed by atoms with Crippen molar-refractivity contribution in [3.05, 3.63) is 43.7 Å². The van der Waals surface area contributed by atoms with Crippen LogP contribution < -0.4 is 5.32 Å². The van der Waals surface area contributed by atoms with Gasteiger partial charge in [0, 0.05) is 15.8 Å². The van der Waals surface area contributed by atoms with Crippen LogP contribution in [0.3, 0.4) is 0 Å². The first-order valence-corrected chi connectivity index (χ1v) is 7.95. The second-order valence-corrected chi connectivity index (χ2v) is 7.11. The molecule has 2 heterocycles. The van der Waals surface area contributed by atoms with Crippen LogP contribution in [-0.2, 0) is 0 Å². The van der Waals surface area contributed by atoms with Gasteiger partial charge in [-0.05, 0) is 36.4 Å². The van der Waals surface area contributed by atoms with Gasteiger partial charge in [0.1, 0.15) is 0 Å². The first kappa shape index (κ1) is 11.7. The molecule has 0 aliphatic heterocycles. The Bertz CT molecular complexity index is 473. The van der Waals surface area contributed by atoms with E-state index < -0.39 is 0 Å². The maximum absolute atomic E-state index is 6.04. The van der Waals surface area contributed by atoms with Gasteiger partial charge in [-0.25, -0.2) is 0 Å². The highest BCUT2D eigenvalue weighted by Crippen LogP contribution is 2.35. The monoisotopic (exact) mass is 283 g/mol. The van der Waals surface area contributed by atoms with Gasteiger partial charge >= 0.3 is 0 Å². The van der Waals surface area contributed by atoms with Crippen molar-refractivity contribution in [1.82, 2.24) is 5.32 Å². The van der Waals surface area contributed by atoms with Crippen LogP contribution in [0.2, 0.25) is 4.34 Å². The van der Waals surface area contributed by atoms with Gasteiger partial charge in [-0.2, -0.15) is 0 Å². The predicted molar refractivity (Wildman–Crippen MR) is 76.3 cm³/mol. The quantitative estimate of drug-likeness (QED) is 0.858. The fraction of sp³-hybridized carbons (Fsp3) is 0.385. The second kappa shape index (κ2) is 5.11. The van der Waals surface area contributed by atoms with Crippen LogP contribution in [0.25, 0.3) is 0 Å². The molecule has 1 N–H and O–H groups in total. The van der Waals surface area contributed by atoms with Crippen molar-refractivity contribution in [2.45, 2.75) is 31.3 Å². The lowest BCUT2D eigenvalue weighted by atomic mass is 9.92. The zero-order chi connectivity index (χ0) is 11.7. The van der Waals surface area contributed by atoms with Gasteiger partial charge in [0.15, 0.2) is 0 Å². The van der Waals surface area contributed by atoms with Gasteiger partial charge in [-0.15, -0.1) is 22.7 Å². The molecule has 2 aromatic rings. The minimum absolute atomic E-state index is 0.331. The molecule has 0 spiro atoms. The van der Waals surface area contributed by atoms with Gasteiger partial charge in [0.05, 0.1) is 10.4 Å². The number of rotatable bonds is 4. The van der Waals surface area contributed by atoms with Crippen molar-refractivity contribution in [3.8, 4) is 0 Å². The molecular formula is C13H14ClNS2. The van der Waals surface area contributed by atoms with E-state index in [0.29, 0.717) is 12.1 Å². The minimum Gasteiger partial charge on any atom is -0.302 e. The summed E-state index contributed by atoms with van der Waals surface area (Å²) in [5, 5.41) is 5.89. The molecule has 0 amide bonds. The molecule has 1 nitrogen and oxygen atoms in total. The Labute approximate surface area is 114 Å². The van der Waals surface area contributed by atoms with E-state index in [4.69, 9.17) is 11.6 Å². The van der Waals surface area contributed by atoms with Crippen molar-refractivity contribution in [3.63, 3.8) is 0 Å². The van der Waals surface area contributed by atoms with Gasteiger partial charge in [-0.1, -0.05) is 24.1 Å². The van der Waals surface area contributed by atoms with E-state index in [0.717, 1.165) is 4.34 Å². The highest BCUT2D eigenvalue weighted by molar-refractivity contribution is 7.16. The molecule has 2 aromatic heterocycles. The first-order chi connectivity index (χ1) is 8.33. The maximum atomic E-state index is 6.04. The Hall–Kier alpha value is -0.350. The van der Waals surface area contributed by atoms with Crippen LogP contribution in [0.4, 0.5) is 0 Å². The summed E-state index contributed by atoms with van der Waals surface area (Å²) in [5.74, 6) is 0. The lowest BCUT2D eigenvalue weighted by molar-refractivity contribution is 0.323. The summed E-state index contributed by atoms with van der Waals surface area (Å²) in [6, 6.07) is 9.47. The smallest absolute Gasteiger partial charge is 0.0931 e. The molecule has 1 fully saturated rings. The van der Waals surface area contributed by atoms with E-state index in [2.05, 4.69) is 28.9 Å². The van der Waals surface area contributed by atoms with Crippen LogP contribution in [0.5, 0.6) is 0 Å². The highest BCUT2D eigenvalue weighted by Gasteiger charge is 2.24. The molecule has 0 saturated heterocycles. The molecule has 1 aliphatic carbocycles. The average molecular weight is 284 g/mol. The van der Waals surface area contributed by atoms with Crippen LogP contribution in [0.15, 0.2) is 29.6 Å². The third kappa shape index (κ3) is 2.58. The third-order valence-electron chi connectivity index (χ3n) is 3.21. The van der Waals surface area contributed by atoms with Crippen LogP contribution in [0.1, 0.15) is 35.1 Å². The van der Waals surface area contributed by atoms with E-state index >= 15 is 0 Å². The molecule has 1 atom stereocenters. The number of hydrogen-bond acceptors (Lipinski definition) is 3.